The first-order valence-electron chi connectivity index (χ1n) is 6.32. The van der Waals surface area contributed by atoms with E-state index in [1.165, 1.54) is 10.9 Å². The summed E-state index contributed by atoms with van der Waals surface area (Å²) in [5.41, 5.74) is 0.455. The highest BCUT2D eigenvalue weighted by molar-refractivity contribution is 5.55. The Bertz CT molecular complexity index is 443. The summed E-state index contributed by atoms with van der Waals surface area (Å²) in [5, 5.41) is 18.2. The van der Waals surface area contributed by atoms with E-state index in [1.54, 1.807) is 7.05 Å². The maximum atomic E-state index is 10.9. The van der Waals surface area contributed by atoms with Crippen molar-refractivity contribution in [3.05, 3.63) is 16.3 Å². The number of aryl methyl sites for hydroxylation is 1. The Balaban J connectivity index is 2.04. The monoisotopic (exact) mass is 252 g/mol. The number of nitro groups is 1. The molecule has 0 aromatic carbocycles. The van der Waals surface area contributed by atoms with Crippen molar-refractivity contribution in [2.45, 2.75) is 45.6 Å². The molecule has 1 aliphatic rings. The van der Waals surface area contributed by atoms with Gasteiger partial charge in [0.1, 0.15) is 6.20 Å². The average molecular weight is 252 g/mol. The van der Waals surface area contributed by atoms with E-state index < -0.39 is 0 Å². The van der Waals surface area contributed by atoms with Gasteiger partial charge in [0.25, 0.3) is 0 Å². The lowest BCUT2D eigenvalue weighted by molar-refractivity contribution is -0.384. The third kappa shape index (κ3) is 2.80. The molecular formula is C12H20N4O2. The van der Waals surface area contributed by atoms with Gasteiger partial charge in [-0.05, 0) is 31.1 Å². The Morgan fingerprint density at radius 3 is 2.67 bits per heavy atom. The van der Waals surface area contributed by atoms with Gasteiger partial charge in [0, 0.05) is 13.1 Å². The fourth-order valence-electron chi connectivity index (χ4n) is 2.45. The van der Waals surface area contributed by atoms with Gasteiger partial charge in [-0.15, -0.1) is 5.10 Å². The molecule has 1 fully saturated rings. The van der Waals surface area contributed by atoms with Crippen molar-refractivity contribution in [1.82, 2.24) is 9.78 Å². The van der Waals surface area contributed by atoms with Crippen molar-refractivity contribution in [3.8, 4) is 0 Å². The lowest BCUT2D eigenvalue weighted by Gasteiger charge is -2.34. The Morgan fingerprint density at radius 1 is 1.50 bits per heavy atom. The second kappa shape index (κ2) is 4.59. The molecule has 1 aliphatic carbocycles. The predicted octanol–water partition coefficient (Wildman–Crippen LogP) is 2.71. The van der Waals surface area contributed by atoms with Gasteiger partial charge >= 0.3 is 5.69 Å². The fraction of sp³-hybridized carbons (Fsp3) is 0.750. The molecule has 1 aromatic heterocycles. The van der Waals surface area contributed by atoms with E-state index in [9.17, 15) is 10.1 Å². The molecule has 0 spiro atoms. The van der Waals surface area contributed by atoms with Gasteiger partial charge in [-0.25, -0.2) is 0 Å². The summed E-state index contributed by atoms with van der Waals surface area (Å²) < 4.78 is 1.48. The van der Waals surface area contributed by atoms with Crippen molar-refractivity contribution in [3.63, 3.8) is 0 Å². The molecule has 0 atom stereocenters. The summed E-state index contributed by atoms with van der Waals surface area (Å²) in [6, 6.07) is 0.298. The van der Waals surface area contributed by atoms with Gasteiger partial charge in [-0.3, -0.25) is 14.8 Å². The molecule has 0 bridgehead atoms. The van der Waals surface area contributed by atoms with Gasteiger partial charge in [0.2, 0.25) is 5.82 Å². The van der Waals surface area contributed by atoms with E-state index in [0.717, 1.165) is 25.7 Å². The smallest absolute Gasteiger partial charge is 0.330 e. The highest BCUT2D eigenvalue weighted by Gasteiger charge is 2.29. The van der Waals surface area contributed by atoms with Gasteiger partial charge < -0.3 is 5.32 Å². The minimum atomic E-state index is -0.387. The van der Waals surface area contributed by atoms with Gasteiger partial charge in [0.05, 0.1) is 4.92 Å². The molecule has 6 nitrogen and oxygen atoms in total. The normalized spacial score (nSPS) is 19.7. The number of nitrogens with zero attached hydrogens (tertiary/aromatic N) is 3. The summed E-state index contributed by atoms with van der Waals surface area (Å²) in [5.74, 6) is 0.396. The van der Waals surface area contributed by atoms with Crippen LogP contribution in [0.25, 0.3) is 0 Å². The van der Waals surface area contributed by atoms with Crippen LogP contribution in [0.5, 0.6) is 0 Å². The maximum absolute atomic E-state index is 10.9. The molecule has 0 radical (unpaired) electrons. The maximum Gasteiger partial charge on any atom is 0.330 e. The minimum absolute atomic E-state index is 0.0577. The fourth-order valence-corrected chi connectivity index (χ4v) is 2.45. The molecule has 0 saturated heterocycles. The Morgan fingerprint density at radius 2 is 2.11 bits per heavy atom. The van der Waals surface area contributed by atoms with Crippen LogP contribution >= 0.6 is 0 Å². The van der Waals surface area contributed by atoms with Crippen LogP contribution in [0.15, 0.2) is 6.20 Å². The van der Waals surface area contributed by atoms with E-state index in [1.807, 2.05) is 0 Å². The highest BCUT2D eigenvalue weighted by Crippen LogP contribution is 2.36. The molecule has 0 unspecified atom stereocenters. The van der Waals surface area contributed by atoms with Crippen LogP contribution in [0.4, 0.5) is 11.5 Å². The zero-order chi connectivity index (χ0) is 13.3. The van der Waals surface area contributed by atoms with Gasteiger partial charge in [0.15, 0.2) is 0 Å². The zero-order valence-electron chi connectivity index (χ0n) is 11.1. The average Bonchev–Trinajstić information content (AvgIpc) is 2.63. The Labute approximate surface area is 107 Å². The van der Waals surface area contributed by atoms with Gasteiger partial charge in [-0.2, -0.15) is 0 Å². The molecule has 1 saturated carbocycles. The zero-order valence-corrected chi connectivity index (χ0v) is 11.1. The van der Waals surface area contributed by atoms with Gasteiger partial charge in [-0.1, -0.05) is 13.8 Å². The second-order valence-corrected chi connectivity index (χ2v) is 5.88. The van der Waals surface area contributed by atoms with Crippen LogP contribution in [-0.4, -0.2) is 20.7 Å². The lowest BCUT2D eigenvalue weighted by Crippen LogP contribution is -2.30. The van der Waals surface area contributed by atoms with Crippen molar-refractivity contribution in [2.75, 3.05) is 5.32 Å². The van der Waals surface area contributed by atoms with Crippen molar-refractivity contribution in [2.24, 2.45) is 12.5 Å². The third-order valence-corrected chi connectivity index (χ3v) is 3.69. The number of anilines is 1. The topological polar surface area (TPSA) is 73.0 Å². The first-order chi connectivity index (χ1) is 8.37. The molecule has 18 heavy (non-hydrogen) atoms. The SMILES string of the molecule is Cn1cc([N+](=O)[O-])c(NC2CCC(C)(C)CC2)n1. The first-order valence-corrected chi connectivity index (χ1v) is 6.32. The van der Waals surface area contributed by atoms with Crippen LogP contribution in [0, 0.1) is 15.5 Å². The lowest BCUT2D eigenvalue weighted by atomic mass is 9.75. The Kier molecular flexibility index (Phi) is 3.28. The molecule has 0 aliphatic heterocycles. The minimum Gasteiger partial charge on any atom is -0.360 e. The van der Waals surface area contributed by atoms with Crippen LogP contribution in [0.3, 0.4) is 0 Å². The van der Waals surface area contributed by atoms with Crippen LogP contribution in [0.1, 0.15) is 39.5 Å². The molecule has 1 heterocycles. The van der Waals surface area contributed by atoms with Crippen LogP contribution in [-0.2, 0) is 7.05 Å². The third-order valence-electron chi connectivity index (χ3n) is 3.69. The number of hydrogen-bond acceptors (Lipinski definition) is 4. The van der Waals surface area contributed by atoms with E-state index in [-0.39, 0.29) is 10.6 Å². The van der Waals surface area contributed by atoms with E-state index in [0.29, 0.717) is 17.3 Å². The summed E-state index contributed by atoms with van der Waals surface area (Å²) >= 11 is 0. The summed E-state index contributed by atoms with van der Waals surface area (Å²) in [7, 11) is 1.70. The number of aromatic nitrogens is 2. The molecule has 1 aromatic rings. The van der Waals surface area contributed by atoms with Crippen molar-refractivity contribution >= 4 is 11.5 Å². The number of rotatable bonds is 3. The summed E-state index contributed by atoms with van der Waals surface area (Å²) in [4.78, 5) is 10.5. The first kappa shape index (κ1) is 12.9. The second-order valence-electron chi connectivity index (χ2n) is 5.88. The largest absolute Gasteiger partial charge is 0.360 e. The molecule has 100 valence electrons. The predicted molar refractivity (Wildman–Crippen MR) is 69.5 cm³/mol. The molecule has 0 amide bonds. The van der Waals surface area contributed by atoms with Crippen molar-refractivity contribution in [1.29, 1.82) is 0 Å². The molecule has 2 rings (SSSR count). The van der Waals surface area contributed by atoms with Crippen molar-refractivity contribution < 1.29 is 4.92 Å². The number of hydrogen-bond donors (Lipinski definition) is 1. The quantitative estimate of drug-likeness (QED) is 0.663. The summed E-state index contributed by atoms with van der Waals surface area (Å²) in [6.07, 6.45) is 5.81. The van der Waals surface area contributed by atoms with Crippen LogP contribution < -0.4 is 5.32 Å². The molecular weight excluding hydrogens is 232 g/mol. The highest BCUT2D eigenvalue weighted by atomic mass is 16.6. The molecule has 1 N–H and O–H groups in total. The number of nitrogens with one attached hydrogen (secondary N) is 1. The van der Waals surface area contributed by atoms with Crippen LogP contribution in [0.2, 0.25) is 0 Å². The van der Waals surface area contributed by atoms with E-state index in [2.05, 4.69) is 24.3 Å². The van der Waals surface area contributed by atoms with E-state index in [4.69, 9.17) is 0 Å². The van der Waals surface area contributed by atoms with E-state index >= 15 is 0 Å². The standard InChI is InChI=1S/C12H20N4O2/c1-12(2)6-4-9(5-7-12)13-11-10(16(17)18)8-15(3)14-11/h8-9H,4-7H2,1-3H3,(H,13,14). The summed E-state index contributed by atoms with van der Waals surface area (Å²) in [6.45, 7) is 4.54. The molecule has 6 heteroatoms. The Hall–Kier alpha value is -1.59.